The first-order chi connectivity index (χ1) is 14.6. The van der Waals surface area contributed by atoms with Gasteiger partial charge in [0.1, 0.15) is 12.4 Å². The summed E-state index contributed by atoms with van der Waals surface area (Å²) in [4.78, 5) is 6.95. The predicted octanol–water partition coefficient (Wildman–Crippen LogP) is 4.15. The first-order valence-corrected chi connectivity index (χ1v) is 10.7. The number of aryl methyl sites for hydroxylation is 1. The molecule has 1 aromatic carbocycles. The van der Waals surface area contributed by atoms with E-state index in [1.807, 2.05) is 41.5 Å². The van der Waals surface area contributed by atoms with Crippen LogP contribution in [0.3, 0.4) is 0 Å². The van der Waals surface area contributed by atoms with Crippen LogP contribution in [0.4, 0.5) is 0 Å². The van der Waals surface area contributed by atoms with Gasteiger partial charge in [-0.3, -0.25) is 14.6 Å². The average molecular weight is 407 g/mol. The quantitative estimate of drug-likeness (QED) is 0.590. The van der Waals surface area contributed by atoms with Crippen LogP contribution in [0.5, 0.6) is 5.75 Å². The Hall–Kier alpha value is -2.70. The van der Waals surface area contributed by atoms with Crippen molar-refractivity contribution in [3.8, 4) is 17.0 Å². The van der Waals surface area contributed by atoms with Gasteiger partial charge in [-0.25, -0.2) is 0 Å². The van der Waals surface area contributed by atoms with Gasteiger partial charge in [0.15, 0.2) is 0 Å². The van der Waals surface area contributed by atoms with E-state index in [1.165, 1.54) is 5.56 Å². The SMILES string of the molecule is CCn1cc(COc2ccc(-c3ccccn3)cc2CN2C[C@@H](C)O[C@@H](C)C2)cn1. The number of benzene rings is 1. The highest BCUT2D eigenvalue weighted by molar-refractivity contribution is 5.62. The fourth-order valence-electron chi connectivity index (χ4n) is 4.01. The van der Waals surface area contributed by atoms with Gasteiger partial charge in [0.25, 0.3) is 0 Å². The molecule has 6 nitrogen and oxygen atoms in total. The fraction of sp³-hybridized carbons (Fsp3) is 0.417. The number of pyridine rings is 1. The molecular weight excluding hydrogens is 376 g/mol. The number of morpholine rings is 1. The highest BCUT2D eigenvalue weighted by Gasteiger charge is 2.23. The molecule has 0 N–H and O–H groups in total. The average Bonchev–Trinajstić information content (AvgIpc) is 3.21. The van der Waals surface area contributed by atoms with Crippen LogP contribution in [0.2, 0.25) is 0 Å². The molecule has 1 saturated heterocycles. The summed E-state index contributed by atoms with van der Waals surface area (Å²) in [5, 5.41) is 4.34. The third-order valence-corrected chi connectivity index (χ3v) is 5.32. The van der Waals surface area contributed by atoms with Gasteiger partial charge in [0.2, 0.25) is 0 Å². The van der Waals surface area contributed by atoms with Crippen LogP contribution in [-0.2, 0) is 24.4 Å². The monoisotopic (exact) mass is 406 g/mol. The van der Waals surface area contributed by atoms with Gasteiger partial charge in [-0.1, -0.05) is 6.07 Å². The Morgan fingerprint density at radius 3 is 2.67 bits per heavy atom. The van der Waals surface area contributed by atoms with E-state index in [4.69, 9.17) is 9.47 Å². The Bertz CT molecular complexity index is 947. The smallest absolute Gasteiger partial charge is 0.124 e. The molecule has 3 aromatic rings. The van der Waals surface area contributed by atoms with Crippen molar-refractivity contribution in [2.75, 3.05) is 13.1 Å². The zero-order valence-corrected chi connectivity index (χ0v) is 18.0. The number of aromatic nitrogens is 3. The van der Waals surface area contributed by atoms with Crippen LogP contribution >= 0.6 is 0 Å². The van der Waals surface area contributed by atoms with Crippen LogP contribution in [0, 0.1) is 0 Å². The van der Waals surface area contributed by atoms with E-state index in [-0.39, 0.29) is 12.2 Å². The normalized spacial score (nSPS) is 19.7. The topological polar surface area (TPSA) is 52.4 Å². The lowest BCUT2D eigenvalue weighted by atomic mass is 10.1. The van der Waals surface area contributed by atoms with Crippen LogP contribution in [-0.4, -0.2) is 45.0 Å². The largest absolute Gasteiger partial charge is 0.488 e. The van der Waals surface area contributed by atoms with Crippen LogP contribution in [0.25, 0.3) is 11.3 Å². The maximum atomic E-state index is 6.24. The molecule has 0 amide bonds. The van der Waals surface area contributed by atoms with Crippen molar-refractivity contribution in [1.29, 1.82) is 0 Å². The predicted molar refractivity (Wildman–Crippen MR) is 117 cm³/mol. The molecule has 0 bridgehead atoms. The van der Waals surface area contributed by atoms with E-state index in [9.17, 15) is 0 Å². The standard InChI is InChI=1S/C24H30N4O2/c1-4-28-15-20(12-26-28)17-29-24-9-8-21(23-7-5-6-10-25-23)11-22(24)16-27-13-18(2)30-19(3)14-27/h5-12,15,18-19H,4,13-14,16-17H2,1-3H3/t18-,19+. The Kier molecular flexibility index (Phi) is 6.45. The molecule has 0 unspecified atom stereocenters. The molecule has 3 heterocycles. The summed E-state index contributed by atoms with van der Waals surface area (Å²) in [6.07, 6.45) is 6.20. The lowest BCUT2D eigenvalue weighted by molar-refractivity contribution is -0.0706. The summed E-state index contributed by atoms with van der Waals surface area (Å²) in [5.74, 6) is 0.908. The Morgan fingerprint density at radius 2 is 1.97 bits per heavy atom. The minimum Gasteiger partial charge on any atom is -0.488 e. The van der Waals surface area contributed by atoms with Crippen LogP contribution in [0.15, 0.2) is 55.0 Å². The molecule has 6 heteroatoms. The zero-order chi connectivity index (χ0) is 20.9. The minimum absolute atomic E-state index is 0.233. The molecule has 4 rings (SSSR count). The second-order valence-corrected chi connectivity index (χ2v) is 7.98. The number of rotatable bonds is 7. The van der Waals surface area contributed by atoms with Crippen molar-refractivity contribution >= 4 is 0 Å². The van der Waals surface area contributed by atoms with Crippen LogP contribution < -0.4 is 4.74 Å². The summed E-state index contributed by atoms with van der Waals surface area (Å²) in [6, 6.07) is 12.4. The molecule has 30 heavy (non-hydrogen) atoms. The molecule has 0 saturated carbocycles. The van der Waals surface area contributed by atoms with E-state index in [1.54, 1.807) is 0 Å². The van der Waals surface area contributed by atoms with Crippen molar-refractivity contribution in [2.45, 2.75) is 52.7 Å². The van der Waals surface area contributed by atoms with Gasteiger partial charge in [-0.05, 0) is 51.1 Å². The summed E-state index contributed by atoms with van der Waals surface area (Å²) in [6.45, 7) is 10.4. The van der Waals surface area contributed by atoms with Gasteiger partial charge in [0, 0.05) is 55.3 Å². The molecule has 158 valence electrons. The number of hydrogen-bond donors (Lipinski definition) is 0. The Morgan fingerprint density at radius 1 is 1.13 bits per heavy atom. The number of nitrogens with zero attached hydrogens (tertiary/aromatic N) is 4. The maximum absolute atomic E-state index is 6.24. The van der Waals surface area contributed by atoms with Crippen molar-refractivity contribution in [3.05, 3.63) is 66.1 Å². The summed E-state index contributed by atoms with van der Waals surface area (Å²) >= 11 is 0. The lowest BCUT2D eigenvalue weighted by Gasteiger charge is -2.35. The van der Waals surface area contributed by atoms with Gasteiger partial charge < -0.3 is 9.47 Å². The van der Waals surface area contributed by atoms with Crippen molar-refractivity contribution < 1.29 is 9.47 Å². The third-order valence-electron chi connectivity index (χ3n) is 5.32. The second-order valence-electron chi connectivity index (χ2n) is 7.98. The summed E-state index contributed by atoms with van der Waals surface area (Å²) < 4.78 is 14.1. The van der Waals surface area contributed by atoms with Gasteiger partial charge in [0.05, 0.1) is 24.1 Å². The Balaban J connectivity index is 1.57. The third kappa shape index (κ3) is 5.07. The first-order valence-electron chi connectivity index (χ1n) is 10.7. The highest BCUT2D eigenvalue weighted by Crippen LogP contribution is 2.28. The fourth-order valence-corrected chi connectivity index (χ4v) is 4.01. The number of ether oxygens (including phenoxy) is 2. The summed E-state index contributed by atoms with van der Waals surface area (Å²) in [7, 11) is 0. The highest BCUT2D eigenvalue weighted by atomic mass is 16.5. The zero-order valence-electron chi connectivity index (χ0n) is 18.0. The molecule has 0 spiro atoms. The maximum Gasteiger partial charge on any atom is 0.124 e. The van der Waals surface area contributed by atoms with Gasteiger partial charge in [-0.2, -0.15) is 5.10 Å². The van der Waals surface area contributed by atoms with Crippen LogP contribution in [0.1, 0.15) is 31.9 Å². The first kappa shape index (κ1) is 20.6. The molecule has 1 aliphatic heterocycles. The lowest BCUT2D eigenvalue weighted by Crippen LogP contribution is -2.44. The molecule has 2 aromatic heterocycles. The van der Waals surface area contributed by atoms with Crippen molar-refractivity contribution in [3.63, 3.8) is 0 Å². The molecule has 1 aliphatic rings. The van der Waals surface area contributed by atoms with Crippen molar-refractivity contribution in [2.24, 2.45) is 0 Å². The molecule has 2 atom stereocenters. The van der Waals surface area contributed by atoms with E-state index in [0.717, 1.165) is 48.7 Å². The minimum atomic E-state index is 0.233. The molecule has 0 radical (unpaired) electrons. The second kappa shape index (κ2) is 9.41. The summed E-state index contributed by atoms with van der Waals surface area (Å²) in [5.41, 5.74) is 4.32. The van der Waals surface area contributed by atoms with Crippen molar-refractivity contribution in [1.82, 2.24) is 19.7 Å². The molecule has 1 fully saturated rings. The van der Waals surface area contributed by atoms with Gasteiger partial charge >= 0.3 is 0 Å². The van der Waals surface area contributed by atoms with E-state index in [0.29, 0.717) is 6.61 Å². The van der Waals surface area contributed by atoms with Gasteiger partial charge in [-0.15, -0.1) is 0 Å². The van der Waals surface area contributed by atoms with E-state index in [2.05, 4.69) is 54.0 Å². The van der Waals surface area contributed by atoms with E-state index >= 15 is 0 Å². The number of hydrogen-bond acceptors (Lipinski definition) is 5. The molecule has 0 aliphatic carbocycles. The van der Waals surface area contributed by atoms with E-state index < -0.39 is 0 Å². The Labute approximate surface area is 178 Å². The molecular formula is C24H30N4O2.